The summed E-state index contributed by atoms with van der Waals surface area (Å²) in [5, 5.41) is 4.62. The Kier molecular flexibility index (Phi) is 11.7. The molecule has 0 radical (unpaired) electrons. The lowest BCUT2D eigenvalue weighted by Gasteiger charge is -2.41. The van der Waals surface area contributed by atoms with E-state index < -0.39 is 0 Å². The number of carbonyl (C=O) groups is 2. The molecular weight excluding hydrogens is 547 g/mol. The first-order chi connectivity index (χ1) is 18.7. The van der Waals surface area contributed by atoms with Crippen LogP contribution in [0.3, 0.4) is 0 Å². The predicted molar refractivity (Wildman–Crippen MR) is 164 cm³/mol. The van der Waals surface area contributed by atoms with Crippen LogP contribution in [0.1, 0.15) is 62.4 Å². The van der Waals surface area contributed by atoms with Crippen LogP contribution < -0.4 is 5.32 Å². The molecule has 0 spiro atoms. The van der Waals surface area contributed by atoms with Gasteiger partial charge < -0.3 is 10.1 Å². The normalized spacial score (nSPS) is 18.1. The first-order valence-corrected chi connectivity index (χ1v) is 14.6. The van der Waals surface area contributed by atoms with E-state index in [2.05, 4.69) is 85.9 Å². The van der Waals surface area contributed by atoms with Gasteiger partial charge in [-0.15, -0.1) is 0 Å². The summed E-state index contributed by atoms with van der Waals surface area (Å²) in [6, 6.07) is 24.1. The lowest BCUT2D eigenvalue weighted by atomic mass is 9.88. The van der Waals surface area contributed by atoms with Gasteiger partial charge in [0.2, 0.25) is 5.91 Å². The predicted octanol–water partition coefficient (Wildman–Crippen LogP) is 8.79. The number of hydrogen-bond donors (Lipinski definition) is 1. The third kappa shape index (κ3) is 8.21. The average molecular weight is 584 g/mol. The van der Waals surface area contributed by atoms with Gasteiger partial charge in [-0.05, 0) is 91.6 Å². The van der Waals surface area contributed by atoms with E-state index in [1.54, 1.807) is 11.9 Å². The maximum Gasteiger partial charge on any atom is 0.249 e. The highest BCUT2D eigenvalue weighted by molar-refractivity contribution is 7.97. The van der Waals surface area contributed by atoms with E-state index in [0.29, 0.717) is 22.4 Å². The Labute approximate surface area is 246 Å². The third-order valence-electron chi connectivity index (χ3n) is 6.60. The van der Waals surface area contributed by atoms with Crippen LogP contribution in [0.4, 0.5) is 0 Å². The van der Waals surface area contributed by atoms with Gasteiger partial charge in [-0.3, -0.25) is 4.79 Å². The van der Waals surface area contributed by atoms with Crippen LogP contribution in [-0.4, -0.2) is 23.0 Å². The van der Waals surface area contributed by atoms with Crippen molar-refractivity contribution in [3.8, 4) is 0 Å². The molecule has 3 aromatic rings. The van der Waals surface area contributed by atoms with Gasteiger partial charge in [0.1, 0.15) is 6.79 Å². The van der Waals surface area contributed by atoms with Crippen LogP contribution >= 0.6 is 35.1 Å². The fourth-order valence-electron chi connectivity index (χ4n) is 4.92. The molecule has 3 unspecified atom stereocenters. The largest absolute Gasteiger partial charge is 0.350 e. The van der Waals surface area contributed by atoms with E-state index in [0.717, 1.165) is 28.0 Å². The fourth-order valence-corrected chi connectivity index (χ4v) is 6.50. The van der Waals surface area contributed by atoms with Gasteiger partial charge in [0, 0.05) is 26.6 Å². The highest BCUT2D eigenvalue weighted by Crippen LogP contribution is 2.49. The Bertz CT molecular complexity index is 1280. The van der Waals surface area contributed by atoms with E-state index in [1.165, 1.54) is 5.56 Å². The van der Waals surface area contributed by atoms with Gasteiger partial charge in [-0.1, -0.05) is 85.6 Å². The van der Waals surface area contributed by atoms with E-state index >= 15 is 0 Å². The number of rotatable bonds is 8. The van der Waals surface area contributed by atoms with Gasteiger partial charge in [-0.25, -0.2) is 4.31 Å². The molecule has 0 bridgehead atoms. The summed E-state index contributed by atoms with van der Waals surface area (Å²) in [5.74, 6) is 0.477. The number of carbonyl (C=O) groups excluding carboxylic acids is 2. The lowest BCUT2D eigenvalue weighted by Crippen LogP contribution is -2.41. The van der Waals surface area contributed by atoms with Crippen LogP contribution in [0.15, 0.2) is 89.3 Å². The van der Waals surface area contributed by atoms with Crippen molar-refractivity contribution >= 4 is 47.8 Å². The molecule has 0 aromatic heterocycles. The number of nitrogens with zero attached hydrogens (tertiary/aromatic N) is 1. The van der Waals surface area contributed by atoms with Crippen LogP contribution in [-0.2, 0) is 9.59 Å². The minimum Gasteiger partial charge on any atom is -0.350 e. The second kappa shape index (κ2) is 14.7. The molecule has 0 saturated carbocycles. The van der Waals surface area contributed by atoms with E-state index in [-0.39, 0.29) is 24.0 Å². The zero-order valence-electron chi connectivity index (χ0n) is 22.9. The smallest absolute Gasteiger partial charge is 0.249 e. The minimum absolute atomic E-state index is 0.0249. The molecule has 1 N–H and O–H groups in total. The van der Waals surface area contributed by atoms with Crippen molar-refractivity contribution in [1.82, 2.24) is 9.62 Å². The maximum absolute atomic E-state index is 13.7. The van der Waals surface area contributed by atoms with Crippen molar-refractivity contribution in [2.24, 2.45) is 5.92 Å². The van der Waals surface area contributed by atoms with E-state index in [9.17, 15) is 4.79 Å². The van der Waals surface area contributed by atoms with Gasteiger partial charge in [0.15, 0.2) is 0 Å². The average Bonchev–Trinajstić information content (AvgIpc) is 2.91. The molecule has 4 rings (SSSR count). The number of hydrogen-bond acceptors (Lipinski definition) is 4. The second-order valence-corrected chi connectivity index (χ2v) is 12.1. The summed E-state index contributed by atoms with van der Waals surface area (Å²) in [4.78, 5) is 22.9. The number of halogens is 2. The van der Waals surface area contributed by atoms with Crippen molar-refractivity contribution in [2.75, 3.05) is 0 Å². The molecule has 1 heterocycles. The molecule has 0 fully saturated rings. The molecule has 206 valence electrons. The SMILES string of the molecule is C=O.Cc1ccccc1SN1C(c2ccc(Cl)cc2)CC=C(C(=O)NC(C)CC(C)C)C1c1cccc(Cl)c1. The van der Waals surface area contributed by atoms with Crippen LogP contribution in [0.25, 0.3) is 0 Å². The Morgan fingerprint density at radius 2 is 1.67 bits per heavy atom. The standard InChI is InChI=1S/C31H34Cl2N2OS.CH2O/c1-20(2)18-22(4)34-31(36)27-16-17-28(23-12-14-25(32)15-13-23)35(37-29-11-6-5-8-21(29)3)30(27)24-9-7-10-26(33)19-24;1-2/h5-16,19-20,22,28,30H,17-18H2,1-4H3,(H,34,36);1H2. The molecule has 1 aliphatic heterocycles. The number of nitrogens with one attached hydrogen (secondary N) is 1. The molecule has 3 aromatic carbocycles. The zero-order valence-corrected chi connectivity index (χ0v) is 25.2. The van der Waals surface area contributed by atoms with Gasteiger partial charge in [-0.2, -0.15) is 0 Å². The summed E-state index contributed by atoms with van der Waals surface area (Å²) in [5.41, 5.74) is 4.09. The molecule has 0 saturated heterocycles. The first-order valence-electron chi connectivity index (χ1n) is 13.1. The number of amides is 1. The Morgan fingerprint density at radius 3 is 2.31 bits per heavy atom. The van der Waals surface area contributed by atoms with Crippen molar-refractivity contribution in [3.63, 3.8) is 0 Å². The molecule has 1 amide bonds. The van der Waals surface area contributed by atoms with Crippen LogP contribution in [0, 0.1) is 12.8 Å². The summed E-state index contributed by atoms with van der Waals surface area (Å²) in [6.45, 7) is 10.5. The van der Waals surface area contributed by atoms with E-state index in [4.69, 9.17) is 28.0 Å². The van der Waals surface area contributed by atoms with Crippen LogP contribution in [0.2, 0.25) is 10.0 Å². The molecule has 7 heteroatoms. The molecular formula is C32H36Cl2N2O2S. The number of benzene rings is 3. The van der Waals surface area contributed by atoms with Crippen molar-refractivity contribution in [1.29, 1.82) is 0 Å². The lowest BCUT2D eigenvalue weighted by molar-refractivity contribution is -0.118. The quantitative estimate of drug-likeness (QED) is 0.269. The fraction of sp³-hybridized carbons (Fsp3) is 0.312. The minimum atomic E-state index is -0.288. The summed E-state index contributed by atoms with van der Waals surface area (Å²) < 4.78 is 2.36. The highest BCUT2D eigenvalue weighted by Gasteiger charge is 2.38. The summed E-state index contributed by atoms with van der Waals surface area (Å²) in [6.07, 6.45) is 3.74. The summed E-state index contributed by atoms with van der Waals surface area (Å²) in [7, 11) is 0. The summed E-state index contributed by atoms with van der Waals surface area (Å²) >= 11 is 14.4. The monoisotopic (exact) mass is 582 g/mol. The van der Waals surface area contributed by atoms with Crippen molar-refractivity contribution in [3.05, 3.63) is 111 Å². The molecule has 4 nitrogen and oxygen atoms in total. The Hall–Kier alpha value is -2.57. The molecule has 3 atom stereocenters. The molecule has 1 aliphatic rings. The first kappa shape index (κ1) is 31.0. The van der Waals surface area contributed by atoms with Crippen LogP contribution in [0.5, 0.6) is 0 Å². The zero-order chi connectivity index (χ0) is 28.5. The highest BCUT2D eigenvalue weighted by atomic mass is 35.5. The Morgan fingerprint density at radius 1 is 0.974 bits per heavy atom. The Balaban J connectivity index is 0.00000205. The molecule has 39 heavy (non-hydrogen) atoms. The van der Waals surface area contributed by atoms with Gasteiger partial charge >= 0.3 is 0 Å². The van der Waals surface area contributed by atoms with Crippen molar-refractivity contribution in [2.45, 2.75) is 63.6 Å². The topological polar surface area (TPSA) is 49.4 Å². The second-order valence-electron chi connectivity index (χ2n) is 10.1. The maximum atomic E-state index is 13.7. The third-order valence-corrected chi connectivity index (χ3v) is 8.42. The van der Waals surface area contributed by atoms with Gasteiger partial charge in [0.25, 0.3) is 0 Å². The molecule has 0 aliphatic carbocycles. The number of aryl methyl sites for hydroxylation is 1. The van der Waals surface area contributed by atoms with Gasteiger partial charge in [0.05, 0.1) is 12.1 Å². The van der Waals surface area contributed by atoms with E-state index in [1.807, 2.05) is 37.1 Å². The van der Waals surface area contributed by atoms with Crippen molar-refractivity contribution < 1.29 is 9.59 Å².